The molecule has 0 bridgehead atoms. The highest BCUT2D eigenvalue weighted by Crippen LogP contribution is 2.35. The van der Waals surface area contributed by atoms with Gasteiger partial charge in [0.2, 0.25) is 0 Å². The summed E-state index contributed by atoms with van der Waals surface area (Å²) >= 11 is 0. The molecule has 4 aromatic rings. The molecule has 0 atom stereocenters. The number of pyridine rings is 1. The van der Waals surface area contributed by atoms with Crippen molar-refractivity contribution in [3.8, 4) is 22.6 Å². The zero-order chi connectivity index (χ0) is 29.9. The molecule has 12 heteroatoms. The lowest BCUT2D eigenvalue weighted by Gasteiger charge is -2.17. The van der Waals surface area contributed by atoms with Gasteiger partial charge in [-0.05, 0) is 56.9 Å². The average molecular weight is 590 g/mol. The van der Waals surface area contributed by atoms with Crippen molar-refractivity contribution < 1.29 is 35.6 Å². The third kappa shape index (κ3) is 6.99. The van der Waals surface area contributed by atoms with Crippen molar-refractivity contribution in [3.63, 3.8) is 0 Å². The monoisotopic (exact) mass is 589 g/mol. The molecule has 2 aromatic carbocycles. The first-order valence-electron chi connectivity index (χ1n) is 12.7. The Balaban J connectivity index is 1.72. The van der Waals surface area contributed by atoms with Crippen LogP contribution in [0.15, 0.2) is 57.9 Å². The number of aromatic nitrogens is 2. The normalized spacial score (nSPS) is 11.9. The van der Waals surface area contributed by atoms with E-state index < -0.39 is 22.6 Å². The molecule has 0 saturated carbocycles. The molecule has 8 nitrogen and oxygen atoms in total. The van der Waals surface area contributed by atoms with Crippen LogP contribution in [-0.4, -0.2) is 31.8 Å². The second-order valence-corrected chi connectivity index (χ2v) is 11.2. The highest BCUT2D eigenvalue weighted by atomic mass is 32.2. The Bertz CT molecular complexity index is 1670. The van der Waals surface area contributed by atoms with Crippen molar-refractivity contribution in [2.45, 2.75) is 58.2 Å². The molecular weight excluding hydrogens is 559 g/mol. The average Bonchev–Trinajstić information content (AvgIpc) is 3.21. The van der Waals surface area contributed by atoms with Crippen LogP contribution >= 0.6 is 0 Å². The van der Waals surface area contributed by atoms with Crippen LogP contribution in [0.1, 0.15) is 40.3 Å². The molecule has 0 aliphatic heterocycles. The van der Waals surface area contributed by atoms with Crippen LogP contribution in [0.5, 0.6) is 11.5 Å². The number of methoxy groups -OCH3 is 1. The third-order valence-corrected chi connectivity index (χ3v) is 7.93. The van der Waals surface area contributed by atoms with Gasteiger partial charge in [-0.15, -0.1) is 0 Å². The predicted octanol–water partition coefficient (Wildman–Crippen LogP) is 6.85. The highest BCUT2D eigenvalue weighted by molar-refractivity contribution is 7.92. The standard InChI is InChI=1S/C29H30F3N3O5S/c1-17-14-25(27(38-5)19(3)33-17)39-16-21-10-11-23(22(15-21)12-13-29(30,31)32)24-8-6-7-9-26(24)41(36,37)35-28-18(2)20(4)40-34-28/h6-11,14-15H,12-13,16H2,1-5H3,(H,34,35). The fourth-order valence-electron chi connectivity index (χ4n) is 4.40. The summed E-state index contributed by atoms with van der Waals surface area (Å²) in [5.74, 6) is 1.42. The van der Waals surface area contributed by atoms with Crippen LogP contribution in [-0.2, 0) is 23.1 Å². The Hall–Kier alpha value is -4.06. The quantitative estimate of drug-likeness (QED) is 0.216. The number of halogens is 3. The summed E-state index contributed by atoms with van der Waals surface area (Å²) < 4.78 is 85.6. The molecule has 2 aromatic heterocycles. The van der Waals surface area contributed by atoms with E-state index in [4.69, 9.17) is 14.0 Å². The maximum atomic E-state index is 13.4. The number of nitrogens with one attached hydrogen (secondary N) is 1. The van der Waals surface area contributed by atoms with Crippen LogP contribution in [0.3, 0.4) is 0 Å². The fraction of sp³-hybridized carbons (Fsp3) is 0.310. The largest absolute Gasteiger partial charge is 0.491 e. The molecule has 0 amide bonds. The second kappa shape index (κ2) is 11.8. The van der Waals surface area contributed by atoms with Crippen LogP contribution in [0.4, 0.5) is 19.0 Å². The summed E-state index contributed by atoms with van der Waals surface area (Å²) in [5.41, 5.74) is 3.44. The van der Waals surface area contributed by atoms with Crippen molar-refractivity contribution >= 4 is 15.8 Å². The minimum atomic E-state index is -4.40. The molecule has 41 heavy (non-hydrogen) atoms. The number of sulfonamides is 1. The number of benzene rings is 2. The lowest BCUT2D eigenvalue weighted by atomic mass is 9.94. The van der Waals surface area contributed by atoms with E-state index in [2.05, 4.69) is 14.9 Å². The van der Waals surface area contributed by atoms with Gasteiger partial charge in [0.15, 0.2) is 17.3 Å². The molecule has 0 fully saturated rings. The Kier molecular flexibility index (Phi) is 8.62. The van der Waals surface area contributed by atoms with Gasteiger partial charge < -0.3 is 14.0 Å². The molecule has 0 unspecified atom stereocenters. The van der Waals surface area contributed by atoms with Crippen LogP contribution < -0.4 is 14.2 Å². The summed E-state index contributed by atoms with van der Waals surface area (Å²) in [6, 6.07) is 12.8. The first-order chi connectivity index (χ1) is 19.3. The molecule has 2 heterocycles. The Morgan fingerprint density at radius 2 is 1.73 bits per heavy atom. The number of rotatable bonds is 10. The van der Waals surface area contributed by atoms with E-state index in [0.29, 0.717) is 45.2 Å². The van der Waals surface area contributed by atoms with Gasteiger partial charge in [-0.1, -0.05) is 41.6 Å². The van der Waals surface area contributed by atoms with E-state index in [1.165, 1.54) is 13.2 Å². The Labute approximate surface area is 236 Å². The zero-order valence-electron chi connectivity index (χ0n) is 23.2. The topological polar surface area (TPSA) is 104 Å². The van der Waals surface area contributed by atoms with Crippen molar-refractivity contribution in [3.05, 3.63) is 82.4 Å². The smallest absolute Gasteiger partial charge is 0.389 e. The molecule has 0 saturated heterocycles. The number of alkyl halides is 3. The Morgan fingerprint density at radius 3 is 2.39 bits per heavy atom. The van der Waals surface area contributed by atoms with Crippen LogP contribution in [0.25, 0.3) is 11.1 Å². The van der Waals surface area contributed by atoms with Crippen LogP contribution in [0, 0.1) is 27.7 Å². The van der Waals surface area contributed by atoms with Gasteiger partial charge in [-0.3, -0.25) is 9.71 Å². The third-order valence-electron chi connectivity index (χ3n) is 6.54. The van der Waals surface area contributed by atoms with Gasteiger partial charge in [0.25, 0.3) is 10.0 Å². The number of hydrogen-bond acceptors (Lipinski definition) is 7. The van der Waals surface area contributed by atoms with E-state index in [1.807, 2.05) is 6.92 Å². The van der Waals surface area contributed by atoms with Gasteiger partial charge >= 0.3 is 6.18 Å². The highest BCUT2D eigenvalue weighted by Gasteiger charge is 2.28. The molecule has 0 aliphatic carbocycles. The van der Waals surface area contributed by atoms with Crippen molar-refractivity contribution in [2.24, 2.45) is 0 Å². The predicted molar refractivity (Wildman–Crippen MR) is 148 cm³/mol. The molecule has 0 spiro atoms. The molecular formula is C29H30F3N3O5S. The van der Waals surface area contributed by atoms with Crippen LogP contribution in [0.2, 0.25) is 0 Å². The lowest BCUT2D eigenvalue weighted by Crippen LogP contribution is -2.15. The van der Waals surface area contributed by atoms with Gasteiger partial charge in [-0.25, -0.2) is 8.42 Å². The van der Waals surface area contributed by atoms with E-state index in [9.17, 15) is 21.6 Å². The number of anilines is 1. The Morgan fingerprint density at radius 1 is 1.00 bits per heavy atom. The zero-order valence-corrected chi connectivity index (χ0v) is 24.0. The summed E-state index contributed by atoms with van der Waals surface area (Å²) in [4.78, 5) is 4.25. The molecule has 218 valence electrons. The van der Waals surface area contributed by atoms with Gasteiger partial charge in [0, 0.05) is 29.3 Å². The van der Waals surface area contributed by atoms with Crippen molar-refractivity contribution in [1.29, 1.82) is 0 Å². The van der Waals surface area contributed by atoms with E-state index in [0.717, 1.165) is 5.69 Å². The van der Waals surface area contributed by atoms with E-state index in [1.54, 1.807) is 63.2 Å². The maximum Gasteiger partial charge on any atom is 0.389 e. The maximum absolute atomic E-state index is 13.4. The van der Waals surface area contributed by atoms with Gasteiger partial charge in [-0.2, -0.15) is 13.2 Å². The van der Waals surface area contributed by atoms with E-state index >= 15 is 0 Å². The fourth-order valence-corrected chi connectivity index (χ4v) is 5.68. The summed E-state index contributed by atoms with van der Waals surface area (Å²) in [5, 5.41) is 3.77. The first kappa shape index (κ1) is 29.9. The van der Waals surface area contributed by atoms with Crippen molar-refractivity contribution in [2.75, 3.05) is 11.8 Å². The SMILES string of the molecule is COc1c(OCc2ccc(-c3ccccc3S(=O)(=O)Nc3noc(C)c3C)c(CCC(F)(F)F)c2)cc(C)nc1C. The summed E-state index contributed by atoms with van der Waals surface area (Å²) in [6.07, 6.45) is -5.84. The summed E-state index contributed by atoms with van der Waals surface area (Å²) in [6.45, 7) is 6.96. The molecule has 4 rings (SSSR count). The molecule has 0 radical (unpaired) electrons. The summed E-state index contributed by atoms with van der Waals surface area (Å²) in [7, 11) is -2.67. The van der Waals surface area contributed by atoms with E-state index in [-0.39, 0.29) is 29.3 Å². The number of hydrogen-bond donors (Lipinski definition) is 1. The van der Waals surface area contributed by atoms with Crippen molar-refractivity contribution in [1.82, 2.24) is 10.1 Å². The number of aryl methyl sites for hydroxylation is 4. The minimum Gasteiger partial charge on any atom is -0.491 e. The number of nitrogens with zero attached hydrogens (tertiary/aromatic N) is 2. The van der Waals surface area contributed by atoms with Gasteiger partial charge in [0.1, 0.15) is 12.4 Å². The number of ether oxygens (including phenoxy) is 2. The molecule has 0 aliphatic rings. The van der Waals surface area contributed by atoms with Gasteiger partial charge in [0.05, 0.1) is 17.7 Å². The lowest BCUT2D eigenvalue weighted by molar-refractivity contribution is -0.133. The first-order valence-corrected chi connectivity index (χ1v) is 14.2. The minimum absolute atomic E-state index is 0.0408. The second-order valence-electron chi connectivity index (χ2n) is 9.59. The molecule has 1 N–H and O–H groups in total.